The van der Waals surface area contributed by atoms with Crippen molar-refractivity contribution in [2.45, 2.75) is 13.5 Å². The number of nitrogens with zero attached hydrogens (tertiary/aromatic N) is 2. The highest BCUT2D eigenvalue weighted by Crippen LogP contribution is 1.93. The Morgan fingerprint density at radius 1 is 1.82 bits per heavy atom. The van der Waals surface area contributed by atoms with Crippen LogP contribution in [-0.2, 0) is 11.3 Å². The number of likely N-dealkylation sites (N-methyl/N-ethyl adjacent to an activating group) is 1. The molecule has 4 nitrogen and oxygen atoms in total. The Labute approximate surface area is 65.2 Å². The van der Waals surface area contributed by atoms with E-state index < -0.39 is 0 Å². The van der Waals surface area contributed by atoms with E-state index in [9.17, 15) is 4.79 Å². The fourth-order valence-electron chi connectivity index (χ4n) is 0.805. The van der Waals surface area contributed by atoms with Crippen molar-refractivity contribution in [3.05, 3.63) is 18.2 Å². The SMILES string of the molecule is CNC(=O)Cn1ccnc1C. The molecule has 1 N–H and O–H groups in total. The fraction of sp³-hybridized carbons (Fsp3) is 0.429. The van der Waals surface area contributed by atoms with Gasteiger partial charge < -0.3 is 9.88 Å². The van der Waals surface area contributed by atoms with Gasteiger partial charge in [-0.15, -0.1) is 0 Å². The van der Waals surface area contributed by atoms with E-state index in [1.165, 1.54) is 0 Å². The standard InChI is InChI=1S/C7H11N3O/c1-6-9-3-4-10(6)5-7(11)8-2/h3-4H,5H2,1-2H3,(H,8,11). The van der Waals surface area contributed by atoms with E-state index in [1.807, 2.05) is 6.92 Å². The molecule has 0 saturated heterocycles. The molecule has 0 bridgehead atoms. The molecule has 1 aromatic heterocycles. The predicted octanol–water partition coefficient (Wildman–Crippen LogP) is -0.0625. The summed E-state index contributed by atoms with van der Waals surface area (Å²) in [5.41, 5.74) is 0. The molecule has 0 aliphatic heterocycles. The normalized spacial score (nSPS) is 9.64. The van der Waals surface area contributed by atoms with E-state index in [1.54, 1.807) is 24.0 Å². The van der Waals surface area contributed by atoms with E-state index in [0.717, 1.165) is 5.82 Å². The summed E-state index contributed by atoms with van der Waals surface area (Å²) < 4.78 is 1.79. The third-order valence-electron chi connectivity index (χ3n) is 1.52. The van der Waals surface area contributed by atoms with Gasteiger partial charge in [0, 0.05) is 19.4 Å². The fourth-order valence-corrected chi connectivity index (χ4v) is 0.805. The number of hydrogen-bond donors (Lipinski definition) is 1. The van der Waals surface area contributed by atoms with Gasteiger partial charge >= 0.3 is 0 Å². The molecule has 0 radical (unpaired) electrons. The first-order chi connectivity index (χ1) is 5.24. The summed E-state index contributed by atoms with van der Waals surface area (Å²) in [5.74, 6) is 0.847. The van der Waals surface area contributed by atoms with Crippen LogP contribution < -0.4 is 5.32 Å². The molecule has 60 valence electrons. The topological polar surface area (TPSA) is 46.9 Å². The number of amides is 1. The van der Waals surface area contributed by atoms with Crippen LogP contribution in [0.4, 0.5) is 0 Å². The molecule has 0 aromatic carbocycles. The van der Waals surface area contributed by atoms with Crippen molar-refractivity contribution in [1.29, 1.82) is 0 Å². The molecule has 1 rings (SSSR count). The zero-order valence-electron chi connectivity index (χ0n) is 6.66. The van der Waals surface area contributed by atoms with E-state index >= 15 is 0 Å². The Kier molecular flexibility index (Phi) is 2.25. The Morgan fingerprint density at radius 3 is 3.00 bits per heavy atom. The Bertz CT molecular complexity index is 254. The molecule has 1 amide bonds. The van der Waals surface area contributed by atoms with Crippen molar-refractivity contribution in [3.8, 4) is 0 Å². The minimum absolute atomic E-state index is 0.00824. The smallest absolute Gasteiger partial charge is 0.239 e. The average molecular weight is 153 g/mol. The van der Waals surface area contributed by atoms with E-state index in [0.29, 0.717) is 6.54 Å². The first kappa shape index (κ1) is 7.78. The molecule has 0 spiro atoms. The third kappa shape index (κ3) is 1.80. The largest absolute Gasteiger partial charge is 0.358 e. The van der Waals surface area contributed by atoms with Crippen molar-refractivity contribution < 1.29 is 4.79 Å². The van der Waals surface area contributed by atoms with Crippen LogP contribution in [0.3, 0.4) is 0 Å². The van der Waals surface area contributed by atoms with Crippen LogP contribution in [0.15, 0.2) is 12.4 Å². The van der Waals surface area contributed by atoms with Gasteiger partial charge in [0.05, 0.1) is 0 Å². The lowest BCUT2D eigenvalue weighted by atomic mass is 10.5. The minimum Gasteiger partial charge on any atom is -0.358 e. The number of aryl methyl sites for hydroxylation is 1. The highest BCUT2D eigenvalue weighted by Gasteiger charge is 2.00. The van der Waals surface area contributed by atoms with Gasteiger partial charge in [0.2, 0.25) is 5.91 Å². The van der Waals surface area contributed by atoms with Gasteiger partial charge in [-0.3, -0.25) is 4.79 Å². The lowest BCUT2D eigenvalue weighted by Gasteiger charge is -2.01. The highest BCUT2D eigenvalue weighted by atomic mass is 16.1. The van der Waals surface area contributed by atoms with Crippen molar-refractivity contribution in [1.82, 2.24) is 14.9 Å². The number of carbonyl (C=O) groups excluding carboxylic acids is 1. The number of hydrogen-bond acceptors (Lipinski definition) is 2. The molecule has 11 heavy (non-hydrogen) atoms. The molecule has 1 aromatic rings. The van der Waals surface area contributed by atoms with Crippen LogP contribution in [0.2, 0.25) is 0 Å². The van der Waals surface area contributed by atoms with Crippen LogP contribution in [-0.4, -0.2) is 22.5 Å². The van der Waals surface area contributed by atoms with Crippen molar-refractivity contribution in [3.63, 3.8) is 0 Å². The quantitative estimate of drug-likeness (QED) is 0.647. The van der Waals surface area contributed by atoms with Gasteiger partial charge in [-0.05, 0) is 6.92 Å². The van der Waals surface area contributed by atoms with Gasteiger partial charge in [-0.2, -0.15) is 0 Å². The average Bonchev–Trinajstić information content (AvgIpc) is 2.37. The molecular formula is C7H11N3O. The summed E-state index contributed by atoms with van der Waals surface area (Å²) in [6, 6.07) is 0. The number of rotatable bonds is 2. The van der Waals surface area contributed by atoms with Crippen LogP contribution in [0.1, 0.15) is 5.82 Å². The molecule has 0 aliphatic carbocycles. The molecule has 0 atom stereocenters. The summed E-state index contributed by atoms with van der Waals surface area (Å²) in [7, 11) is 1.62. The Balaban J connectivity index is 2.64. The molecule has 1 heterocycles. The molecule has 0 saturated carbocycles. The maximum absolute atomic E-state index is 10.9. The molecule has 4 heteroatoms. The summed E-state index contributed by atoms with van der Waals surface area (Å²) in [5, 5.41) is 2.54. The van der Waals surface area contributed by atoms with Crippen molar-refractivity contribution >= 4 is 5.91 Å². The van der Waals surface area contributed by atoms with Crippen LogP contribution >= 0.6 is 0 Å². The van der Waals surface area contributed by atoms with Gasteiger partial charge in [0.25, 0.3) is 0 Å². The van der Waals surface area contributed by atoms with E-state index in [-0.39, 0.29) is 5.91 Å². The first-order valence-corrected chi connectivity index (χ1v) is 3.42. The Morgan fingerprint density at radius 2 is 2.55 bits per heavy atom. The van der Waals surface area contributed by atoms with Crippen LogP contribution in [0.5, 0.6) is 0 Å². The zero-order chi connectivity index (χ0) is 8.27. The monoisotopic (exact) mass is 153 g/mol. The van der Waals surface area contributed by atoms with Crippen molar-refractivity contribution in [2.75, 3.05) is 7.05 Å². The summed E-state index contributed by atoms with van der Waals surface area (Å²) in [4.78, 5) is 14.9. The maximum Gasteiger partial charge on any atom is 0.239 e. The summed E-state index contributed by atoms with van der Waals surface area (Å²) in [6.45, 7) is 2.21. The predicted molar refractivity (Wildman–Crippen MR) is 41.0 cm³/mol. The maximum atomic E-state index is 10.9. The minimum atomic E-state index is -0.00824. The summed E-state index contributed by atoms with van der Waals surface area (Å²) in [6.07, 6.45) is 3.46. The lowest BCUT2D eigenvalue weighted by molar-refractivity contribution is -0.121. The number of carbonyl (C=O) groups is 1. The van der Waals surface area contributed by atoms with E-state index in [2.05, 4.69) is 10.3 Å². The second-order valence-corrected chi connectivity index (χ2v) is 2.28. The summed E-state index contributed by atoms with van der Waals surface area (Å²) >= 11 is 0. The number of aromatic nitrogens is 2. The number of nitrogens with one attached hydrogen (secondary N) is 1. The highest BCUT2D eigenvalue weighted by molar-refractivity contribution is 5.75. The zero-order valence-corrected chi connectivity index (χ0v) is 6.66. The second kappa shape index (κ2) is 3.18. The molecule has 0 aliphatic rings. The van der Waals surface area contributed by atoms with Crippen molar-refractivity contribution in [2.24, 2.45) is 0 Å². The molecule has 0 fully saturated rings. The van der Waals surface area contributed by atoms with Gasteiger partial charge in [-0.25, -0.2) is 4.98 Å². The molecule has 0 unspecified atom stereocenters. The molecular weight excluding hydrogens is 142 g/mol. The Hall–Kier alpha value is -1.32. The van der Waals surface area contributed by atoms with Gasteiger partial charge in [0.15, 0.2) is 0 Å². The first-order valence-electron chi connectivity index (χ1n) is 3.42. The van der Waals surface area contributed by atoms with Crippen LogP contribution in [0.25, 0.3) is 0 Å². The van der Waals surface area contributed by atoms with Gasteiger partial charge in [-0.1, -0.05) is 0 Å². The van der Waals surface area contributed by atoms with Crippen LogP contribution in [0, 0.1) is 6.92 Å². The second-order valence-electron chi connectivity index (χ2n) is 2.28. The van der Waals surface area contributed by atoms with Gasteiger partial charge in [0.1, 0.15) is 12.4 Å². The third-order valence-corrected chi connectivity index (χ3v) is 1.52. The lowest BCUT2D eigenvalue weighted by Crippen LogP contribution is -2.23. The number of imidazole rings is 1. The van der Waals surface area contributed by atoms with E-state index in [4.69, 9.17) is 0 Å².